The topological polar surface area (TPSA) is 54.5 Å². The summed E-state index contributed by atoms with van der Waals surface area (Å²) in [4.78, 5) is 13.8. The summed E-state index contributed by atoms with van der Waals surface area (Å²) in [5, 5.41) is 0.351. The van der Waals surface area contributed by atoms with E-state index in [0.29, 0.717) is 31.0 Å². The number of amides is 1. The van der Waals surface area contributed by atoms with Crippen molar-refractivity contribution in [2.45, 2.75) is 25.0 Å². The van der Waals surface area contributed by atoms with Gasteiger partial charge in [0.2, 0.25) is 5.91 Å². The predicted octanol–water partition coefficient (Wildman–Crippen LogP) is 2.78. The van der Waals surface area contributed by atoms with E-state index < -0.39 is 9.84 Å². The zero-order valence-electron chi connectivity index (χ0n) is 12.5. The van der Waals surface area contributed by atoms with Crippen LogP contribution in [0.4, 0.5) is 0 Å². The van der Waals surface area contributed by atoms with E-state index in [2.05, 4.69) is 0 Å². The van der Waals surface area contributed by atoms with E-state index in [0.717, 1.165) is 5.56 Å². The van der Waals surface area contributed by atoms with Crippen LogP contribution in [-0.2, 0) is 14.6 Å². The molecular weight excluding hydrogens is 322 g/mol. The van der Waals surface area contributed by atoms with Crippen LogP contribution in [0.2, 0.25) is 5.02 Å². The molecule has 0 aliphatic carbocycles. The first-order chi connectivity index (χ1) is 10.4. The number of nitrogens with zero attached hydrogens (tertiary/aromatic N) is 1. The largest absolute Gasteiger partial charge is 0.339 e. The van der Waals surface area contributed by atoms with Gasteiger partial charge in [-0.2, -0.15) is 0 Å². The third-order valence-electron chi connectivity index (χ3n) is 3.95. The van der Waals surface area contributed by atoms with Crippen molar-refractivity contribution in [3.8, 4) is 0 Å². The van der Waals surface area contributed by atoms with Gasteiger partial charge in [0.25, 0.3) is 0 Å². The molecule has 120 valence electrons. The molecule has 1 fully saturated rings. The quantitative estimate of drug-likeness (QED) is 0.791. The van der Waals surface area contributed by atoms with Crippen LogP contribution in [0.1, 0.15) is 25.3 Å². The van der Waals surface area contributed by atoms with Crippen LogP contribution in [-0.4, -0.2) is 43.3 Å². The smallest absolute Gasteiger partial charge is 0.246 e. The Morgan fingerprint density at radius 2 is 1.86 bits per heavy atom. The second-order valence-electron chi connectivity index (χ2n) is 5.36. The molecule has 0 unspecified atom stereocenters. The Morgan fingerprint density at radius 3 is 2.41 bits per heavy atom. The van der Waals surface area contributed by atoms with Gasteiger partial charge in [0.1, 0.15) is 0 Å². The lowest BCUT2D eigenvalue weighted by atomic mass is 10.1. The average Bonchev–Trinajstić information content (AvgIpc) is 2.54. The van der Waals surface area contributed by atoms with Crippen LogP contribution < -0.4 is 0 Å². The molecule has 1 heterocycles. The van der Waals surface area contributed by atoms with Gasteiger partial charge < -0.3 is 4.90 Å². The fraction of sp³-hybridized carbons (Fsp3) is 0.438. The summed E-state index contributed by atoms with van der Waals surface area (Å²) in [6.45, 7) is 2.66. The third kappa shape index (κ3) is 4.34. The Morgan fingerprint density at radius 1 is 1.27 bits per heavy atom. The predicted molar refractivity (Wildman–Crippen MR) is 89.5 cm³/mol. The molecule has 0 bridgehead atoms. The van der Waals surface area contributed by atoms with Crippen molar-refractivity contribution < 1.29 is 13.2 Å². The summed E-state index contributed by atoms with van der Waals surface area (Å²) in [5.41, 5.74) is 0.904. The SMILES string of the molecule is CCS(=O)(=O)C1CCN(C(=O)/C=C/c2ccc(Cl)cc2)CC1. The van der Waals surface area contributed by atoms with Crippen molar-refractivity contribution >= 4 is 33.4 Å². The summed E-state index contributed by atoms with van der Waals surface area (Å²) < 4.78 is 23.7. The van der Waals surface area contributed by atoms with Crippen LogP contribution in [0.15, 0.2) is 30.3 Å². The van der Waals surface area contributed by atoms with Crippen LogP contribution >= 0.6 is 11.6 Å². The van der Waals surface area contributed by atoms with Gasteiger partial charge in [-0.15, -0.1) is 0 Å². The highest BCUT2D eigenvalue weighted by Crippen LogP contribution is 2.19. The lowest BCUT2D eigenvalue weighted by Crippen LogP contribution is -2.42. The second kappa shape index (κ2) is 7.29. The number of hydrogen-bond acceptors (Lipinski definition) is 3. The van der Waals surface area contributed by atoms with Gasteiger partial charge in [-0.25, -0.2) is 8.42 Å². The van der Waals surface area contributed by atoms with Crippen LogP contribution in [0, 0.1) is 0 Å². The molecule has 1 saturated heterocycles. The highest BCUT2D eigenvalue weighted by Gasteiger charge is 2.29. The molecule has 22 heavy (non-hydrogen) atoms. The van der Waals surface area contributed by atoms with E-state index in [1.807, 2.05) is 12.1 Å². The van der Waals surface area contributed by atoms with E-state index in [4.69, 9.17) is 11.6 Å². The van der Waals surface area contributed by atoms with Crippen molar-refractivity contribution in [2.24, 2.45) is 0 Å². The Hall–Kier alpha value is -1.33. The van der Waals surface area contributed by atoms with E-state index in [-0.39, 0.29) is 16.9 Å². The highest BCUT2D eigenvalue weighted by atomic mass is 35.5. The van der Waals surface area contributed by atoms with Crippen molar-refractivity contribution in [1.29, 1.82) is 0 Å². The van der Waals surface area contributed by atoms with Crippen molar-refractivity contribution in [1.82, 2.24) is 4.90 Å². The molecule has 0 radical (unpaired) electrons. The van der Waals surface area contributed by atoms with Gasteiger partial charge in [-0.05, 0) is 36.6 Å². The summed E-state index contributed by atoms with van der Waals surface area (Å²) in [6, 6.07) is 7.22. The summed E-state index contributed by atoms with van der Waals surface area (Å²) >= 11 is 5.81. The van der Waals surface area contributed by atoms with Crippen molar-refractivity contribution in [2.75, 3.05) is 18.8 Å². The maximum atomic E-state index is 12.1. The monoisotopic (exact) mass is 341 g/mol. The fourth-order valence-corrected chi connectivity index (χ4v) is 4.04. The Balaban J connectivity index is 1.91. The number of rotatable bonds is 4. The highest BCUT2D eigenvalue weighted by molar-refractivity contribution is 7.92. The van der Waals surface area contributed by atoms with Gasteiger partial charge in [0.05, 0.1) is 5.25 Å². The number of benzene rings is 1. The normalized spacial score (nSPS) is 17.1. The minimum absolute atomic E-state index is 0.0812. The maximum absolute atomic E-state index is 12.1. The summed E-state index contributed by atoms with van der Waals surface area (Å²) in [7, 11) is -3.00. The third-order valence-corrected chi connectivity index (χ3v) is 6.50. The van der Waals surface area contributed by atoms with Crippen LogP contribution in [0.5, 0.6) is 0 Å². The maximum Gasteiger partial charge on any atom is 0.246 e. The molecule has 1 aliphatic heterocycles. The van der Waals surface area contributed by atoms with Crippen LogP contribution in [0.3, 0.4) is 0 Å². The first-order valence-corrected chi connectivity index (χ1v) is 9.46. The molecule has 0 spiro atoms. The molecule has 2 rings (SSSR count). The molecular formula is C16H20ClNO3S. The minimum Gasteiger partial charge on any atom is -0.339 e. The standard InChI is InChI=1S/C16H20ClNO3S/c1-2-22(20,21)15-9-11-18(12-10-15)16(19)8-5-13-3-6-14(17)7-4-13/h3-8,15H,2,9-12H2,1H3/b8-5+. The number of halogens is 1. The average molecular weight is 342 g/mol. The molecule has 0 aromatic heterocycles. The van der Waals surface area contributed by atoms with Gasteiger partial charge in [-0.3, -0.25) is 4.79 Å². The number of likely N-dealkylation sites (tertiary alicyclic amines) is 1. The second-order valence-corrected chi connectivity index (χ2v) is 8.37. The number of piperidine rings is 1. The molecule has 6 heteroatoms. The lowest BCUT2D eigenvalue weighted by molar-refractivity contribution is -0.126. The van der Waals surface area contributed by atoms with E-state index in [9.17, 15) is 13.2 Å². The Kier molecular flexibility index (Phi) is 5.64. The van der Waals surface area contributed by atoms with Gasteiger partial charge in [-0.1, -0.05) is 30.7 Å². The molecule has 4 nitrogen and oxygen atoms in total. The van der Waals surface area contributed by atoms with Crippen LogP contribution in [0.25, 0.3) is 6.08 Å². The van der Waals surface area contributed by atoms with Crippen molar-refractivity contribution in [3.05, 3.63) is 40.9 Å². The molecule has 1 aromatic carbocycles. The Bertz CT molecular complexity index is 644. The number of carbonyl (C=O) groups is 1. The summed E-state index contributed by atoms with van der Waals surface area (Å²) in [6.07, 6.45) is 4.32. The number of sulfone groups is 1. The molecule has 1 aliphatic rings. The number of hydrogen-bond donors (Lipinski definition) is 0. The first kappa shape index (κ1) is 17.0. The lowest BCUT2D eigenvalue weighted by Gasteiger charge is -2.30. The molecule has 0 saturated carbocycles. The zero-order chi connectivity index (χ0) is 16.2. The Labute approximate surface area is 136 Å². The van der Waals surface area contributed by atoms with E-state index in [1.54, 1.807) is 30.0 Å². The molecule has 1 amide bonds. The van der Waals surface area contributed by atoms with Gasteiger partial charge in [0.15, 0.2) is 9.84 Å². The van der Waals surface area contributed by atoms with Gasteiger partial charge >= 0.3 is 0 Å². The number of carbonyl (C=O) groups excluding carboxylic acids is 1. The molecule has 0 N–H and O–H groups in total. The molecule has 0 atom stereocenters. The van der Waals surface area contributed by atoms with Gasteiger partial charge in [0, 0.05) is 29.9 Å². The van der Waals surface area contributed by atoms with E-state index >= 15 is 0 Å². The fourth-order valence-electron chi connectivity index (χ4n) is 2.52. The molecule has 1 aromatic rings. The van der Waals surface area contributed by atoms with E-state index in [1.165, 1.54) is 6.08 Å². The summed E-state index contributed by atoms with van der Waals surface area (Å²) in [5.74, 6) is 0.0875. The first-order valence-electron chi connectivity index (χ1n) is 7.36. The van der Waals surface area contributed by atoms with Crippen molar-refractivity contribution in [3.63, 3.8) is 0 Å². The minimum atomic E-state index is -3.00. The zero-order valence-corrected chi connectivity index (χ0v) is 14.1.